The Morgan fingerprint density at radius 2 is 1.67 bits per heavy atom. The smallest absolute Gasteiger partial charge is 0.355 e. The first-order valence-electron chi connectivity index (χ1n) is 10.9. The van der Waals surface area contributed by atoms with Gasteiger partial charge in [0.1, 0.15) is 12.2 Å². The van der Waals surface area contributed by atoms with Gasteiger partial charge in [-0.3, -0.25) is 19.0 Å². The van der Waals surface area contributed by atoms with Gasteiger partial charge in [0.15, 0.2) is 0 Å². The highest BCUT2D eigenvalue weighted by Gasteiger charge is 2.24. The molecule has 2 N–H and O–H groups in total. The standard InChI is InChI=1S/C27H21BrN2O6/c1-36-27(35)24-23(17-5-3-2-4-6-17)21-13-19(28)11-12-20(21)26(34)30(24)15-16-7-9-18(10-8-16)25(33)29-14-22(31)32/h2-13H,14-15H2,1H3,(H,29,33)(H,31,32). The monoisotopic (exact) mass is 548 g/mol. The second-order valence-corrected chi connectivity index (χ2v) is 8.85. The normalized spacial score (nSPS) is 10.7. The van der Waals surface area contributed by atoms with Crippen molar-refractivity contribution >= 4 is 44.5 Å². The van der Waals surface area contributed by atoms with Crippen LogP contribution in [0.2, 0.25) is 0 Å². The van der Waals surface area contributed by atoms with Crippen molar-refractivity contribution in [2.75, 3.05) is 13.7 Å². The minimum atomic E-state index is -1.15. The summed E-state index contributed by atoms with van der Waals surface area (Å²) in [7, 11) is 1.27. The van der Waals surface area contributed by atoms with Crippen molar-refractivity contribution in [3.05, 3.63) is 104 Å². The number of hydrogen-bond acceptors (Lipinski definition) is 5. The number of carbonyl (C=O) groups is 3. The number of aliphatic carboxylic acids is 1. The Kier molecular flexibility index (Phi) is 7.30. The molecule has 0 saturated heterocycles. The summed E-state index contributed by atoms with van der Waals surface area (Å²) < 4.78 is 7.24. The maximum absolute atomic E-state index is 13.6. The van der Waals surface area contributed by atoms with E-state index in [0.717, 1.165) is 10.0 Å². The zero-order chi connectivity index (χ0) is 25.8. The van der Waals surface area contributed by atoms with Crippen molar-refractivity contribution in [1.82, 2.24) is 9.88 Å². The Labute approximate surface area is 214 Å². The third kappa shape index (κ3) is 5.06. The van der Waals surface area contributed by atoms with E-state index in [1.807, 2.05) is 30.3 Å². The molecule has 0 radical (unpaired) electrons. The van der Waals surface area contributed by atoms with Crippen LogP contribution in [0.4, 0.5) is 0 Å². The summed E-state index contributed by atoms with van der Waals surface area (Å²) in [5.74, 6) is -2.33. The van der Waals surface area contributed by atoms with Gasteiger partial charge >= 0.3 is 11.9 Å². The number of rotatable bonds is 7. The highest BCUT2D eigenvalue weighted by molar-refractivity contribution is 9.10. The molecule has 0 bridgehead atoms. The predicted molar refractivity (Wildman–Crippen MR) is 138 cm³/mol. The van der Waals surface area contributed by atoms with Crippen LogP contribution in [0.3, 0.4) is 0 Å². The van der Waals surface area contributed by atoms with E-state index < -0.39 is 24.4 Å². The minimum absolute atomic E-state index is 0.0477. The fraction of sp³-hybridized carbons (Fsp3) is 0.111. The van der Waals surface area contributed by atoms with Crippen LogP contribution in [-0.2, 0) is 16.1 Å². The molecule has 1 aromatic heterocycles. The molecule has 0 aliphatic heterocycles. The van der Waals surface area contributed by atoms with Crippen molar-refractivity contribution in [3.8, 4) is 11.1 Å². The van der Waals surface area contributed by atoms with Crippen LogP contribution in [0.25, 0.3) is 21.9 Å². The number of aromatic nitrogens is 1. The number of fused-ring (bicyclic) bond motifs is 1. The van der Waals surface area contributed by atoms with Crippen LogP contribution in [0, 0.1) is 0 Å². The lowest BCUT2D eigenvalue weighted by Gasteiger charge is -2.19. The van der Waals surface area contributed by atoms with E-state index in [2.05, 4.69) is 21.2 Å². The van der Waals surface area contributed by atoms with Crippen molar-refractivity contribution < 1.29 is 24.2 Å². The Hall–Kier alpha value is -4.24. The van der Waals surface area contributed by atoms with Gasteiger partial charge in [0.25, 0.3) is 11.5 Å². The number of hydrogen-bond donors (Lipinski definition) is 2. The average molecular weight is 549 g/mol. The van der Waals surface area contributed by atoms with E-state index in [1.54, 1.807) is 30.3 Å². The fourth-order valence-electron chi connectivity index (χ4n) is 3.98. The molecule has 4 aromatic rings. The molecule has 0 atom stereocenters. The summed E-state index contributed by atoms with van der Waals surface area (Å²) in [4.78, 5) is 49.5. The van der Waals surface area contributed by atoms with Crippen LogP contribution in [0.15, 0.2) is 82.1 Å². The molecule has 3 aromatic carbocycles. The lowest BCUT2D eigenvalue weighted by atomic mass is 9.96. The molecule has 1 heterocycles. The number of carbonyl (C=O) groups excluding carboxylic acids is 2. The number of ether oxygens (including phenoxy) is 1. The molecule has 0 fully saturated rings. The van der Waals surface area contributed by atoms with Crippen molar-refractivity contribution in [1.29, 1.82) is 0 Å². The summed E-state index contributed by atoms with van der Waals surface area (Å²) in [5, 5.41) is 12.1. The molecule has 9 heteroatoms. The summed E-state index contributed by atoms with van der Waals surface area (Å²) in [6.45, 7) is -0.444. The van der Waals surface area contributed by atoms with Crippen LogP contribution >= 0.6 is 15.9 Å². The second kappa shape index (κ2) is 10.6. The Morgan fingerprint density at radius 3 is 2.31 bits per heavy atom. The lowest BCUT2D eigenvalue weighted by Crippen LogP contribution is -2.29. The summed E-state index contributed by atoms with van der Waals surface area (Å²) in [5.41, 5.74) is 2.01. The Bertz CT molecular complexity index is 1530. The van der Waals surface area contributed by atoms with Gasteiger partial charge < -0.3 is 15.2 Å². The van der Waals surface area contributed by atoms with Gasteiger partial charge in [0.2, 0.25) is 0 Å². The topological polar surface area (TPSA) is 115 Å². The van der Waals surface area contributed by atoms with Crippen LogP contribution in [-0.4, -0.2) is 41.2 Å². The number of halogens is 1. The SMILES string of the molecule is COC(=O)c1c(-c2ccccc2)c2cc(Br)ccc2c(=O)n1Cc1ccc(C(=O)NCC(=O)O)cc1. The maximum Gasteiger partial charge on any atom is 0.355 e. The second-order valence-electron chi connectivity index (χ2n) is 7.94. The number of amides is 1. The highest BCUT2D eigenvalue weighted by atomic mass is 79.9. The molecule has 0 aliphatic rings. The third-order valence-electron chi connectivity index (χ3n) is 5.63. The molecular weight excluding hydrogens is 528 g/mol. The zero-order valence-electron chi connectivity index (χ0n) is 19.2. The van der Waals surface area contributed by atoms with Crippen LogP contribution in [0.5, 0.6) is 0 Å². The average Bonchev–Trinajstić information content (AvgIpc) is 2.89. The third-order valence-corrected chi connectivity index (χ3v) is 6.12. The van der Waals surface area contributed by atoms with Gasteiger partial charge in [-0.2, -0.15) is 0 Å². The summed E-state index contributed by atoms with van der Waals surface area (Å²) >= 11 is 3.46. The number of nitrogens with zero attached hydrogens (tertiary/aromatic N) is 1. The quantitative estimate of drug-likeness (QED) is 0.336. The molecule has 0 saturated carbocycles. The van der Waals surface area contributed by atoms with Crippen LogP contribution in [0.1, 0.15) is 26.4 Å². The molecule has 0 spiro atoms. The number of pyridine rings is 1. The number of benzene rings is 3. The summed E-state index contributed by atoms with van der Waals surface area (Å²) in [6, 6.07) is 20.9. The van der Waals surface area contributed by atoms with Gasteiger partial charge in [0.05, 0.1) is 13.7 Å². The Morgan fingerprint density at radius 1 is 0.972 bits per heavy atom. The molecular formula is C27H21BrN2O6. The first-order chi connectivity index (χ1) is 17.3. The highest BCUT2D eigenvalue weighted by Crippen LogP contribution is 2.33. The fourth-order valence-corrected chi connectivity index (χ4v) is 4.34. The lowest BCUT2D eigenvalue weighted by molar-refractivity contribution is -0.135. The van der Waals surface area contributed by atoms with Gasteiger partial charge in [-0.25, -0.2) is 4.79 Å². The molecule has 0 unspecified atom stereocenters. The number of methoxy groups -OCH3 is 1. The number of carboxylic acids is 1. The molecule has 1 amide bonds. The molecule has 0 aliphatic carbocycles. The zero-order valence-corrected chi connectivity index (χ0v) is 20.7. The van der Waals surface area contributed by atoms with Gasteiger partial charge in [-0.1, -0.05) is 58.4 Å². The first kappa shape index (κ1) is 24.9. The van der Waals surface area contributed by atoms with Crippen LogP contribution < -0.4 is 10.9 Å². The Balaban J connectivity index is 1.87. The van der Waals surface area contributed by atoms with E-state index in [1.165, 1.54) is 23.8 Å². The number of nitrogens with one attached hydrogen (secondary N) is 1. The first-order valence-corrected chi connectivity index (χ1v) is 11.7. The van der Waals surface area contributed by atoms with E-state index in [-0.39, 0.29) is 23.4 Å². The van der Waals surface area contributed by atoms with Crippen molar-refractivity contribution in [2.45, 2.75) is 6.54 Å². The maximum atomic E-state index is 13.6. The van der Waals surface area contributed by atoms with Crippen molar-refractivity contribution in [3.63, 3.8) is 0 Å². The number of esters is 1. The van der Waals surface area contributed by atoms with E-state index in [9.17, 15) is 19.2 Å². The van der Waals surface area contributed by atoms with Gasteiger partial charge in [0, 0.05) is 21.0 Å². The largest absolute Gasteiger partial charge is 0.480 e. The summed E-state index contributed by atoms with van der Waals surface area (Å²) in [6.07, 6.45) is 0. The molecule has 4 rings (SSSR count). The van der Waals surface area contributed by atoms with Crippen molar-refractivity contribution in [2.24, 2.45) is 0 Å². The molecule has 36 heavy (non-hydrogen) atoms. The predicted octanol–water partition coefficient (Wildman–Crippen LogP) is 4.08. The molecule has 8 nitrogen and oxygen atoms in total. The molecule has 182 valence electrons. The number of carboxylic acid groups (broad SMARTS) is 1. The van der Waals surface area contributed by atoms with E-state index in [0.29, 0.717) is 21.9 Å². The minimum Gasteiger partial charge on any atom is -0.480 e. The van der Waals surface area contributed by atoms with Gasteiger partial charge in [-0.15, -0.1) is 0 Å². The van der Waals surface area contributed by atoms with E-state index in [4.69, 9.17) is 9.84 Å². The van der Waals surface area contributed by atoms with E-state index >= 15 is 0 Å². The van der Waals surface area contributed by atoms with Gasteiger partial charge in [-0.05, 0) is 46.8 Å².